The summed E-state index contributed by atoms with van der Waals surface area (Å²) < 4.78 is 0. The van der Waals surface area contributed by atoms with Gasteiger partial charge in [-0.25, -0.2) is 0 Å². The summed E-state index contributed by atoms with van der Waals surface area (Å²) in [4.78, 5) is 11.2. The molecule has 0 aromatic heterocycles. The van der Waals surface area contributed by atoms with E-state index >= 15 is 0 Å². The van der Waals surface area contributed by atoms with Gasteiger partial charge in [-0.3, -0.25) is 4.79 Å². The van der Waals surface area contributed by atoms with Crippen LogP contribution in [0.3, 0.4) is 0 Å². The Morgan fingerprint density at radius 1 is 0.917 bits per heavy atom. The second-order valence-corrected chi connectivity index (χ2v) is 8.74. The quantitative estimate of drug-likeness (QED) is 0.572. The number of benzene rings is 2. The fourth-order valence-electron chi connectivity index (χ4n) is 3.83. The number of rotatable bonds is 2. The predicted molar refractivity (Wildman–Crippen MR) is 102 cm³/mol. The lowest BCUT2D eigenvalue weighted by atomic mass is 9.62. The molecule has 126 valence electrons. The lowest BCUT2D eigenvalue weighted by Crippen LogP contribution is -2.34. The molecule has 0 N–H and O–H groups in total. The lowest BCUT2D eigenvalue weighted by Gasteiger charge is -2.42. The van der Waals surface area contributed by atoms with Crippen LogP contribution in [0.5, 0.6) is 0 Å². The Hall–Kier alpha value is -1.60. The molecular formula is C22H25ClO. The first-order valence-corrected chi connectivity index (χ1v) is 8.94. The van der Waals surface area contributed by atoms with Crippen molar-refractivity contribution in [1.82, 2.24) is 0 Å². The number of carbonyl (C=O) groups excluding carboxylic acids is 1. The molecule has 3 rings (SSSR count). The number of aldehydes is 1. The van der Waals surface area contributed by atoms with Crippen molar-refractivity contribution in [2.24, 2.45) is 0 Å². The third kappa shape index (κ3) is 2.80. The topological polar surface area (TPSA) is 17.1 Å². The smallest absolute Gasteiger partial charge is 0.150 e. The average molecular weight is 341 g/mol. The van der Waals surface area contributed by atoms with Crippen LogP contribution < -0.4 is 0 Å². The van der Waals surface area contributed by atoms with Crippen LogP contribution in [-0.2, 0) is 10.8 Å². The second kappa shape index (κ2) is 5.74. The molecule has 1 aliphatic rings. The molecule has 0 atom stereocenters. The van der Waals surface area contributed by atoms with Gasteiger partial charge in [0.2, 0.25) is 0 Å². The van der Waals surface area contributed by atoms with Gasteiger partial charge in [0.25, 0.3) is 0 Å². The largest absolute Gasteiger partial charge is 0.298 e. The third-order valence-corrected chi connectivity index (χ3v) is 5.94. The number of hydrogen-bond donors (Lipinski definition) is 0. The van der Waals surface area contributed by atoms with Crippen molar-refractivity contribution in [2.45, 2.75) is 58.3 Å². The standard InChI is InChI=1S/C22H25ClO/c1-14-10-18-19(22(4,5)9-8-21(18,2)3)12-16(14)17-11-15(13-24)6-7-20(17)23/h6-7,10-13H,8-9H2,1-5H3. The molecule has 0 unspecified atom stereocenters. The zero-order valence-electron chi connectivity index (χ0n) is 15.2. The van der Waals surface area contributed by atoms with Crippen molar-refractivity contribution in [1.29, 1.82) is 0 Å². The van der Waals surface area contributed by atoms with Gasteiger partial charge >= 0.3 is 0 Å². The number of aryl methyl sites for hydroxylation is 1. The monoisotopic (exact) mass is 340 g/mol. The Labute approximate surface area is 150 Å². The van der Waals surface area contributed by atoms with Gasteiger partial charge < -0.3 is 0 Å². The van der Waals surface area contributed by atoms with E-state index in [1.54, 1.807) is 6.07 Å². The third-order valence-electron chi connectivity index (χ3n) is 5.61. The molecule has 0 aliphatic heterocycles. The Balaban J connectivity index is 2.28. The molecule has 2 aromatic carbocycles. The minimum atomic E-state index is 0.155. The van der Waals surface area contributed by atoms with Crippen molar-refractivity contribution >= 4 is 17.9 Å². The molecule has 0 bridgehead atoms. The number of hydrogen-bond acceptors (Lipinski definition) is 1. The first-order chi connectivity index (χ1) is 11.2. The molecule has 0 heterocycles. The zero-order valence-corrected chi connectivity index (χ0v) is 15.9. The van der Waals surface area contributed by atoms with E-state index in [0.29, 0.717) is 10.6 Å². The minimum absolute atomic E-state index is 0.155. The molecule has 24 heavy (non-hydrogen) atoms. The van der Waals surface area contributed by atoms with Gasteiger partial charge in [-0.15, -0.1) is 0 Å². The van der Waals surface area contributed by atoms with Crippen molar-refractivity contribution in [3.05, 3.63) is 57.6 Å². The number of carbonyl (C=O) groups is 1. The summed E-state index contributed by atoms with van der Waals surface area (Å²) in [5, 5.41) is 0.691. The highest BCUT2D eigenvalue weighted by molar-refractivity contribution is 6.33. The Morgan fingerprint density at radius 2 is 1.50 bits per heavy atom. The summed E-state index contributed by atoms with van der Waals surface area (Å²) in [6.45, 7) is 11.4. The van der Waals surface area contributed by atoms with E-state index in [2.05, 4.69) is 46.8 Å². The van der Waals surface area contributed by atoms with Crippen molar-refractivity contribution < 1.29 is 4.79 Å². The first-order valence-electron chi connectivity index (χ1n) is 8.56. The summed E-state index contributed by atoms with van der Waals surface area (Å²) in [5.41, 5.74) is 7.16. The van der Waals surface area contributed by atoms with Crippen LogP contribution in [0.15, 0.2) is 30.3 Å². The van der Waals surface area contributed by atoms with Crippen LogP contribution in [0.25, 0.3) is 11.1 Å². The fourth-order valence-corrected chi connectivity index (χ4v) is 4.05. The number of halogens is 1. The summed E-state index contributed by atoms with van der Waals surface area (Å²) >= 11 is 6.45. The highest BCUT2D eigenvalue weighted by atomic mass is 35.5. The van der Waals surface area contributed by atoms with Crippen molar-refractivity contribution in [3.63, 3.8) is 0 Å². The minimum Gasteiger partial charge on any atom is -0.298 e. The second-order valence-electron chi connectivity index (χ2n) is 8.34. The van der Waals surface area contributed by atoms with Gasteiger partial charge in [-0.05, 0) is 71.0 Å². The van der Waals surface area contributed by atoms with Gasteiger partial charge in [0.1, 0.15) is 6.29 Å². The van der Waals surface area contributed by atoms with E-state index < -0.39 is 0 Å². The van der Waals surface area contributed by atoms with Crippen LogP contribution >= 0.6 is 11.6 Å². The predicted octanol–water partition coefficient (Wildman–Crippen LogP) is 6.48. The van der Waals surface area contributed by atoms with Crippen LogP contribution in [0.2, 0.25) is 5.02 Å². The Bertz CT molecular complexity index is 815. The van der Waals surface area contributed by atoms with E-state index in [1.807, 2.05) is 12.1 Å². The maximum atomic E-state index is 11.2. The lowest BCUT2D eigenvalue weighted by molar-refractivity contribution is 0.112. The van der Waals surface area contributed by atoms with Gasteiger partial charge in [0, 0.05) is 16.1 Å². The zero-order chi connectivity index (χ0) is 17.7. The molecule has 0 saturated carbocycles. The molecule has 1 nitrogen and oxygen atoms in total. The van der Waals surface area contributed by atoms with Crippen LogP contribution in [0.4, 0.5) is 0 Å². The van der Waals surface area contributed by atoms with Gasteiger partial charge in [0.05, 0.1) is 0 Å². The van der Waals surface area contributed by atoms with E-state index in [1.165, 1.54) is 29.5 Å². The molecule has 0 radical (unpaired) electrons. The first kappa shape index (κ1) is 17.2. The normalized spacial score (nSPS) is 18.1. The van der Waals surface area contributed by atoms with Crippen LogP contribution in [0, 0.1) is 6.92 Å². The van der Waals surface area contributed by atoms with Crippen molar-refractivity contribution in [2.75, 3.05) is 0 Å². The van der Waals surface area contributed by atoms with E-state index in [0.717, 1.165) is 17.4 Å². The fraction of sp³-hybridized carbons (Fsp3) is 0.409. The molecule has 0 spiro atoms. The highest BCUT2D eigenvalue weighted by Gasteiger charge is 2.37. The highest BCUT2D eigenvalue weighted by Crippen LogP contribution is 2.48. The molecule has 1 aliphatic carbocycles. The molecular weight excluding hydrogens is 316 g/mol. The van der Waals surface area contributed by atoms with Crippen LogP contribution in [0.1, 0.15) is 67.6 Å². The maximum absolute atomic E-state index is 11.2. The van der Waals surface area contributed by atoms with E-state index in [9.17, 15) is 4.79 Å². The molecule has 0 amide bonds. The number of fused-ring (bicyclic) bond motifs is 1. The van der Waals surface area contributed by atoms with Gasteiger partial charge in [-0.1, -0.05) is 51.4 Å². The maximum Gasteiger partial charge on any atom is 0.150 e. The Morgan fingerprint density at radius 3 is 2.08 bits per heavy atom. The van der Waals surface area contributed by atoms with Gasteiger partial charge in [0.15, 0.2) is 0 Å². The van der Waals surface area contributed by atoms with Crippen molar-refractivity contribution in [3.8, 4) is 11.1 Å². The molecule has 0 saturated heterocycles. The molecule has 2 aromatic rings. The summed E-state index contributed by atoms with van der Waals surface area (Å²) in [7, 11) is 0. The SMILES string of the molecule is Cc1cc2c(cc1-c1cc(C=O)ccc1Cl)C(C)(C)CCC2(C)C. The summed E-state index contributed by atoms with van der Waals surface area (Å²) in [6.07, 6.45) is 3.26. The molecule has 0 fully saturated rings. The van der Waals surface area contributed by atoms with E-state index in [-0.39, 0.29) is 10.8 Å². The Kier molecular flexibility index (Phi) is 4.12. The summed E-state index contributed by atoms with van der Waals surface area (Å²) in [5.74, 6) is 0. The van der Waals surface area contributed by atoms with Gasteiger partial charge in [-0.2, -0.15) is 0 Å². The summed E-state index contributed by atoms with van der Waals surface area (Å²) in [6, 6.07) is 10.1. The van der Waals surface area contributed by atoms with E-state index in [4.69, 9.17) is 11.6 Å². The average Bonchev–Trinajstić information content (AvgIpc) is 2.52. The van der Waals surface area contributed by atoms with Crippen LogP contribution in [-0.4, -0.2) is 6.29 Å². The molecule has 2 heteroatoms.